The summed E-state index contributed by atoms with van der Waals surface area (Å²) in [5.41, 5.74) is 7.99. The molecule has 0 aromatic heterocycles. The number of benzene rings is 1. The van der Waals surface area contributed by atoms with E-state index in [1.165, 1.54) is 5.56 Å². The smallest absolute Gasteiger partial charge is 0.259 e. The molecule has 1 aliphatic carbocycles. The minimum atomic E-state index is -0.150. The van der Waals surface area contributed by atoms with Crippen LogP contribution in [0.5, 0.6) is 0 Å². The Labute approximate surface area is 138 Å². The summed E-state index contributed by atoms with van der Waals surface area (Å²) in [7, 11) is 0. The van der Waals surface area contributed by atoms with Gasteiger partial charge < -0.3 is 5.32 Å². The van der Waals surface area contributed by atoms with Crippen molar-refractivity contribution in [3.8, 4) is 0 Å². The van der Waals surface area contributed by atoms with Gasteiger partial charge in [0.1, 0.15) is 0 Å². The lowest BCUT2D eigenvalue weighted by Gasteiger charge is -2.22. The second-order valence-corrected chi connectivity index (χ2v) is 6.18. The first-order chi connectivity index (χ1) is 11.0. The number of carbonyl (C=O) groups is 1. The summed E-state index contributed by atoms with van der Waals surface area (Å²) in [6.45, 7) is 10.3. The Morgan fingerprint density at radius 1 is 1.30 bits per heavy atom. The maximum Gasteiger partial charge on any atom is 0.259 e. The van der Waals surface area contributed by atoms with Gasteiger partial charge in [0.05, 0.1) is 12.3 Å². The lowest BCUT2D eigenvalue weighted by Crippen LogP contribution is -2.28. The summed E-state index contributed by atoms with van der Waals surface area (Å²) in [6.07, 6.45) is 4.00. The molecule has 0 radical (unpaired) electrons. The number of rotatable bonds is 5. The molecule has 0 fully saturated rings. The summed E-state index contributed by atoms with van der Waals surface area (Å²) in [5.74, 6) is 0.267. The van der Waals surface area contributed by atoms with Gasteiger partial charge in [0.2, 0.25) is 0 Å². The summed E-state index contributed by atoms with van der Waals surface area (Å²) < 4.78 is 0. The first kappa shape index (κ1) is 17.0. The Morgan fingerprint density at radius 3 is 2.65 bits per heavy atom. The highest BCUT2D eigenvalue weighted by atomic mass is 16.2. The standard InChI is InChI=1S/C19H25N3O/c1-13(2)16-8-7-15(4)18(11-16)21-22-19(23)12-20-17-9-5-14(3)6-10-17/h5-7,9-10,16,20H,1,8,11-12H2,2-4H3,(H,22,23)/t16-/m1/s1. The van der Waals surface area contributed by atoms with Crippen molar-refractivity contribution in [2.24, 2.45) is 11.0 Å². The highest BCUT2D eigenvalue weighted by Crippen LogP contribution is 2.26. The SMILES string of the molecule is C=C(C)[C@@H]1CC=C(C)C(=NNC(=O)CNc2ccc(C)cc2)C1. The molecule has 0 spiro atoms. The summed E-state index contributed by atoms with van der Waals surface area (Å²) in [6, 6.07) is 7.93. The van der Waals surface area contributed by atoms with E-state index in [1.54, 1.807) is 0 Å². The molecule has 1 amide bonds. The number of amides is 1. The van der Waals surface area contributed by atoms with Crippen LogP contribution in [0.2, 0.25) is 0 Å². The van der Waals surface area contributed by atoms with Crippen LogP contribution < -0.4 is 10.7 Å². The predicted molar refractivity (Wildman–Crippen MR) is 96.5 cm³/mol. The first-order valence-electron chi connectivity index (χ1n) is 7.94. The number of allylic oxidation sites excluding steroid dienone is 3. The van der Waals surface area contributed by atoms with E-state index in [1.807, 2.05) is 45.0 Å². The number of nitrogens with one attached hydrogen (secondary N) is 2. The molecule has 0 heterocycles. The zero-order chi connectivity index (χ0) is 16.8. The van der Waals surface area contributed by atoms with Gasteiger partial charge in [-0.25, -0.2) is 5.43 Å². The van der Waals surface area contributed by atoms with E-state index in [4.69, 9.17) is 0 Å². The van der Waals surface area contributed by atoms with Crippen molar-refractivity contribution in [3.63, 3.8) is 0 Å². The van der Waals surface area contributed by atoms with Gasteiger partial charge in [0.15, 0.2) is 0 Å². The molecule has 0 saturated heterocycles. The van der Waals surface area contributed by atoms with Crippen LogP contribution in [-0.4, -0.2) is 18.2 Å². The third kappa shape index (κ3) is 5.09. The van der Waals surface area contributed by atoms with Gasteiger partial charge in [-0.05, 0) is 57.2 Å². The van der Waals surface area contributed by atoms with Gasteiger partial charge in [-0.1, -0.05) is 35.9 Å². The van der Waals surface area contributed by atoms with Crippen molar-refractivity contribution in [1.29, 1.82) is 0 Å². The molecule has 2 rings (SSSR count). The third-order valence-electron chi connectivity index (χ3n) is 4.12. The van der Waals surface area contributed by atoms with Crippen molar-refractivity contribution in [2.45, 2.75) is 33.6 Å². The zero-order valence-corrected chi connectivity index (χ0v) is 14.1. The minimum Gasteiger partial charge on any atom is -0.376 e. The molecule has 4 nitrogen and oxygen atoms in total. The van der Waals surface area contributed by atoms with Crippen LogP contribution in [0.15, 0.2) is 53.2 Å². The molecule has 2 N–H and O–H groups in total. The average Bonchev–Trinajstić information content (AvgIpc) is 2.53. The molecular formula is C19H25N3O. The Kier molecular flexibility index (Phi) is 5.74. The quantitative estimate of drug-likeness (QED) is 0.642. The van der Waals surface area contributed by atoms with Gasteiger partial charge in [0, 0.05) is 5.69 Å². The Hall–Kier alpha value is -2.36. The monoisotopic (exact) mass is 311 g/mol. The fraction of sp³-hybridized carbons (Fsp3) is 0.368. The zero-order valence-electron chi connectivity index (χ0n) is 14.1. The van der Waals surface area contributed by atoms with E-state index in [0.29, 0.717) is 5.92 Å². The normalized spacial score (nSPS) is 19.2. The molecule has 1 aliphatic rings. The highest BCUT2D eigenvalue weighted by Gasteiger charge is 2.18. The van der Waals surface area contributed by atoms with E-state index in [-0.39, 0.29) is 12.5 Å². The van der Waals surface area contributed by atoms with Gasteiger partial charge in [-0.3, -0.25) is 4.79 Å². The maximum absolute atomic E-state index is 11.9. The van der Waals surface area contributed by atoms with Crippen LogP contribution in [0.1, 0.15) is 32.3 Å². The summed E-state index contributed by atoms with van der Waals surface area (Å²) >= 11 is 0. The van der Waals surface area contributed by atoms with Crippen LogP contribution in [-0.2, 0) is 4.79 Å². The molecule has 0 unspecified atom stereocenters. The van der Waals surface area contributed by atoms with Crippen LogP contribution in [0, 0.1) is 12.8 Å². The number of carbonyl (C=O) groups excluding carboxylic acids is 1. The second kappa shape index (κ2) is 7.77. The maximum atomic E-state index is 11.9. The van der Waals surface area contributed by atoms with Crippen molar-refractivity contribution >= 4 is 17.3 Å². The first-order valence-corrected chi connectivity index (χ1v) is 7.94. The van der Waals surface area contributed by atoms with Crippen LogP contribution >= 0.6 is 0 Å². The minimum absolute atomic E-state index is 0.150. The Bertz CT molecular complexity index is 641. The van der Waals surface area contributed by atoms with Crippen molar-refractivity contribution in [2.75, 3.05) is 11.9 Å². The van der Waals surface area contributed by atoms with Crippen LogP contribution in [0.4, 0.5) is 5.69 Å². The third-order valence-corrected chi connectivity index (χ3v) is 4.12. The molecule has 0 aliphatic heterocycles. The number of nitrogens with zero attached hydrogens (tertiary/aromatic N) is 1. The van der Waals surface area contributed by atoms with E-state index in [2.05, 4.69) is 28.5 Å². The predicted octanol–water partition coefficient (Wildman–Crippen LogP) is 3.81. The van der Waals surface area contributed by atoms with E-state index in [0.717, 1.165) is 35.4 Å². The number of anilines is 1. The molecular weight excluding hydrogens is 286 g/mol. The lowest BCUT2D eigenvalue weighted by atomic mass is 9.85. The lowest BCUT2D eigenvalue weighted by molar-refractivity contribution is -0.119. The topological polar surface area (TPSA) is 53.5 Å². The fourth-order valence-electron chi connectivity index (χ4n) is 2.45. The number of aryl methyl sites for hydroxylation is 1. The molecule has 4 heteroatoms. The average molecular weight is 311 g/mol. The highest BCUT2D eigenvalue weighted by molar-refractivity contribution is 6.01. The molecule has 23 heavy (non-hydrogen) atoms. The van der Waals surface area contributed by atoms with Crippen LogP contribution in [0.3, 0.4) is 0 Å². The molecule has 122 valence electrons. The van der Waals surface area contributed by atoms with Crippen molar-refractivity contribution in [1.82, 2.24) is 5.43 Å². The van der Waals surface area contributed by atoms with E-state index in [9.17, 15) is 4.79 Å². The summed E-state index contributed by atoms with van der Waals surface area (Å²) in [4.78, 5) is 11.9. The van der Waals surface area contributed by atoms with E-state index < -0.39 is 0 Å². The van der Waals surface area contributed by atoms with Crippen molar-refractivity contribution in [3.05, 3.63) is 53.6 Å². The number of hydrogen-bond acceptors (Lipinski definition) is 3. The van der Waals surface area contributed by atoms with Crippen molar-refractivity contribution < 1.29 is 4.79 Å². The fourth-order valence-corrected chi connectivity index (χ4v) is 2.45. The largest absolute Gasteiger partial charge is 0.376 e. The molecule has 1 aromatic rings. The number of hydrazone groups is 1. The molecule has 0 saturated carbocycles. The van der Waals surface area contributed by atoms with Gasteiger partial charge in [0.25, 0.3) is 5.91 Å². The molecule has 0 bridgehead atoms. The number of hydrogen-bond donors (Lipinski definition) is 2. The van der Waals surface area contributed by atoms with Gasteiger partial charge in [-0.15, -0.1) is 0 Å². The Balaban J connectivity index is 1.87. The molecule has 1 atom stereocenters. The Morgan fingerprint density at radius 2 is 2.00 bits per heavy atom. The second-order valence-electron chi connectivity index (χ2n) is 6.18. The van der Waals surface area contributed by atoms with Gasteiger partial charge >= 0.3 is 0 Å². The van der Waals surface area contributed by atoms with Gasteiger partial charge in [-0.2, -0.15) is 5.10 Å². The van der Waals surface area contributed by atoms with E-state index >= 15 is 0 Å². The molecule has 1 aromatic carbocycles. The van der Waals surface area contributed by atoms with Crippen LogP contribution in [0.25, 0.3) is 0 Å². The summed E-state index contributed by atoms with van der Waals surface area (Å²) in [5, 5.41) is 7.38.